The number of halogens is 1. The summed E-state index contributed by atoms with van der Waals surface area (Å²) in [4.78, 5) is 13.0. The molecule has 2 fully saturated rings. The van der Waals surface area contributed by atoms with Crippen LogP contribution in [0.25, 0.3) is 27.9 Å². The second kappa shape index (κ2) is 9.80. The number of hydrogen-bond donors (Lipinski definition) is 2. The van der Waals surface area contributed by atoms with Crippen LogP contribution in [0, 0.1) is 19.7 Å². The SMILES string of the molecule is Cc1c(-c2[nH]c3cc(F)c(C4CCC(NC5CCOCC5)CC4)nc3c2C(C)C)cn2ncnc2c1C. The minimum Gasteiger partial charge on any atom is -0.381 e. The van der Waals surface area contributed by atoms with Crippen molar-refractivity contribution in [3.8, 4) is 11.3 Å². The molecule has 0 atom stereocenters. The Morgan fingerprint density at radius 2 is 1.78 bits per heavy atom. The van der Waals surface area contributed by atoms with Gasteiger partial charge in [0.25, 0.3) is 0 Å². The second-order valence-electron chi connectivity index (χ2n) is 11.2. The van der Waals surface area contributed by atoms with Crippen LogP contribution < -0.4 is 5.32 Å². The highest BCUT2D eigenvalue weighted by atomic mass is 19.1. The third-order valence-corrected chi connectivity index (χ3v) is 8.57. The summed E-state index contributed by atoms with van der Waals surface area (Å²) in [6, 6.07) is 2.72. The maximum absolute atomic E-state index is 15.5. The van der Waals surface area contributed by atoms with E-state index in [-0.39, 0.29) is 17.7 Å². The van der Waals surface area contributed by atoms with Gasteiger partial charge >= 0.3 is 0 Å². The highest BCUT2D eigenvalue weighted by molar-refractivity contribution is 5.89. The van der Waals surface area contributed by atoms with Gasteiger partial charge < -0.3 is 15.0 Å². The van der Waals surface area contributed by atoms with Crippen LogP contribution in [0.5, 0.6) is 0 Å². The topological polar surface area (TPSA) is 80.1 Å². The molecule has 0 spiro atoms. The molecule has 1 aliphatic heterocycles. The molecule has 5 heterocycles. The largest absolute Gasteiger partial charge is 0.381 e. The van der Waals surface area contributed by atoms with Crippen molar-refractivity contribution >= 4 is 16.7 Å². The molecule has 0 amide bonds. The van der Waals surface area contributed by atoms with E-state index in [0.29, 0.717) is 17.8 Å². The summed E-state index contributed by atoms with van der Waals surface area (Å²) in [6.45, 7) is 10.3. The van der Waals surface area contributed by atoms with Crippen LogP contribution in [0.15, 0.2) is 18.6 Å². The standard InChI is InChI=1S/C29H37FN6O/c1-16(2)25-27(22-14-36-29(31-15-32-36)18(4)17(22)3)34-24-13-23(30)26(35-28(24)25)19-5-7-20(8-6-19)33-21-9-11-37-12-10-21/h13-16,19-21,33-34H,5-12H2,1-4H3. The molecule has 8 heteroatoms. The number of rotatable bonds is 5. The Balaban J connectivity index is 1.33. The average molecular weight is 505 g/mol. The lowest BCUT2D eigenvalue weighted by Crippen LogP contribution is -2.43. The third-order valence-electron chi connectivity index (χ3n) is 8.57. The molecule has 0 unspecified atom stereocenters. The quantitative estimate of drug-likeness (QED) is 0.351. The zero-order valence-electron chi connectivity index (χ0n) is 22.3. The Hall–Kier alpha value is -2.84. The molecule has 6 rings (SSSR count). The van der Waals surface area contributed by atoms with Crippen LogP contribution in [0.3, 0.4) is 0 Å². The predicted molar refractivity (Wildman–Crippen MR) is 144 cm³/mol. The first kappa shape index (κ1) is 24.5. The first-order chi connectivity index (χ1) is 17.9. The summed E-state index contributed by atoms with van der Waals surface area (Å²) in [6.07, 6.45) is 9.83. The van der Waals surface area contributed by atoms with E-state index in [1.54, 1.807) is 12.4 Å². The molecule has 37 heavy (non-hydrogen) atoms. The van der Waals surface area contributed by atoms with E-state index in [9.17, 15) is 0 Å². The number of aromatic nitrogens is 5. The van der Waals surface area contributed by atoms with Crippen molar-refractivity contribution < 1.29 is 9.13 Å². The van der Waals surface area contributed by atoms with Gasteiger partial charge in [0.1, 0.15) is 12.1 Å². The monoisotopic (exact) mass is 504 g/mol. The predicted octanol–water partition coefficient (Wildman–Crippen LogP) is 5.95. The summed E-state index contributed by atoms with van der Waals surface area (Å²) in [7, 11) is 0. The van der Waals surface area contributed by atoms with Crippen LogP contribution in [-0.4, -0.2) is 49.9 Å². The van der Waals surface area contributed by atoms with E-state index in [1.165, 1.54) is 0 Å². The van der Waals surface area contributed by atoms with E-state index in [0.717, 1.165) is 96.4 Å². The number of nitrogens with zero attached hydrogens (tertiary/aromatic N) is 4. The highest BCUT2D eigenvalue weighted by Crippen LogP contribution is 2.40. The molecule has 4 aromatic heterocycles. The number of aryl methyl sites for hydroxylation is 1. The summed E-state index contributed by atoms with van der Waals surface area (Å²) in [5, 5.41) is 8.20. The summed E-state index contributed by atoms with van der Waals surface area (Å²) >= 11 is 0. The Morgan fingerprint density at radius 3 is 2.51 bits per heavy atom. The van der Waals surface area contributed by atoms with Gasteiger partial charge in [0, 0.05) is 54.6 Å². The zero-order chi connectivity index (χ0) is 25.7. The maximum Gasteiger partial charge on any atom is 0.158 e. The van der Waals surface area contributed by atoms with Crippen molar-refractivity contribution in [2.75, 3.05) is 13.2 Å². The second-order valence-corrected chi connectivity index (χ2v) is 11.2. The number of fused-ring (bicyclic) bond motifs is 2. The molecule has 0 bridgehead atoms. The minimum atomic E-state index is -0.198. The van der Waals surface area contributed by atoms with Crippen molar-refractivity contribution in [3.05, 3.63) is 46.8 Å². The van der Waals surface area contributed by atoms with Gasteiger partial charge in [-0.1, -0.05) is 13.8 Å². The van der Waals surface area contributed by atoms with Crippen molar-refractivity contribution in [1.29, 1.82) is 0 Å². The van der Waals surface area contributed by atoms with Crippen molar-refractivity contribution in [2.45, 2.75) is 90.1 Å². The van der Waals surface area contributed by atoms with Crippen molar-refractivity contribution in [2.24, 2.45) is 0 Å². The van der Waals surface area contributed by atoms with Crippen LogP contribution in [-0.2, 0) is 4.74 Å². The van der Waals surface area contributed by atoms with E-state index in [4.69, 9.17) is 9.72 Å². The van der Waals surface area contributed by atoms with Gasteiger partial charge in [-0.05, 0) is 69.4 Å². The third kappa shape index (κ3) is 4.44. The first-order valence-corrected chi connectivity index (χ1v) is 13.8. The summed E-state index contributed by atoms with van der Waals surface area (Å²) in [5.41, 5.74) is 8.55. The molecule has 0 radical (unpaired) electrons. The molecule has 7 nitrogen and oxygen atoms in total. The number of H-pyrrole nitrogens is 1. The number of hydrogen-bond acceptors (Lipinski definition) is 5. The normalized spacial score (nSPS) is 21.5. The van der Waals surface area contributed by atoms with E-state index >= 15 is 4.39 Å². The minimum absolute atomic E-state index is 0.158. The number of pyridine rings is 2. The fourth-order valence-electron chi connectivity index (χ4n) is 6.37. The lowest BCUT2D eigenvalue weighted by atomic mass is 9.83. The number of ether oxygens (including phenoxy) is 1. The Kier molecular flexibility index (Phi) is 6.49. The van der Waals surface area contributed by atoms with Crippen molar-refractivity contribution in [1.82, 2.24) is 29.9 Å². The zero-order valence-corrected chi connectivity index (χ0v) is 22.3. The smallest absolute Gasteiger partial charge is 0.158 e. The Morgan fingerprint density at radius 1 is 1.05 bits per heavy atom. The van der Waals surface area contributed by atoms with E-state index in [2.05, 4.69) is 48.1 Å². The maximum atomic E-state index is 15.5. The molecule has 2 N–H and O–H groups in total. The number of aromatic amines is 1. The van der Waals surface area contributed by atoms with Gasteiger partial charge in [0.2, 0.25) is 0 Å². The molecular weight excluding hydrogens is 467 g/mol. The molecule has 1 aliphatic carbocycles. The molecule has 4 aromatic rings. The van der Waals surface area contributed by atoms with Crippen LogP contribution in [0.2, 0.25) is 0 Å². The van der Waals surface area contributed by atoms with Gasteiger partial charge in [-0.3, -0.25) is 0 Å². The van der Waals surface area contributed by atoms with Crippen LogP contribution >= 0.6 is 0 Å². The molecule has 1 saturated carbocycles. The van der Waals surface area contributed by atoms with Gasteiger partial charge in [-0.15, -0.1) is 0 Å². The summed E-state index contributed by atoms with van der Waals surface area (Å²) in [5.74, 6) is 0.183. The fourth-order valence-corrected chi connectivity index (χ4v) is 6.37. The summed E-state index contributed by atoms with van der Waals surface area (Å²) < 4.78 is 22.8. The van der Waals surface area contributed by atoms with E-state index < -0.39 is 0 Å². The van der Waals surface area contributed by atoms with Gasteiger partial charge in [0.05, 0.1) is 22.4 Å². The number of nitrogens with one attached hydrogen (secondary N) is 2. The lowest BCUT2D eigenvalue weighted by Gasteiger charge is -2.33. The molecule has 2 aliphatic rings. The van der Waals surface area contributed by atoms with Gasteiger partial charge in [0.15, 0.2) is 5.65 Å². The van der Waals surface area contributed by atoms with Crippen LogP contribution in [0.4, 0.5) is 4.39 Å². The lowest BCUT2D eigenvalue weighted by molar-refractivity contribution is 0.0728. The Labute approximate surface area is 217 Å². The molecular formula is C29H37FN6O. The first-order valence-electron chi connectivity index (χ1n) is 13.8. The van der Waals surface area contributed by atoms with Gasteiger partial charge in [-0.2, -0.15) is 5.10 Å². The van der Waals surface area contributed by atoms with Crippen LogP contribution in [0.1, 0.15) is 86.6 Å². The Bertz CT molecular complexity index is 1430. The molecule has 0 aromatic carbocycles. The molecule has 196 valence electrons. The van der Waals surface area contributed by atoms with Gasteiger partial charge in [-0.25, -0.2) is 18.9 Å². The van der Waals surface area contributed by atoms with E-state index in [1.807, 2.05) is 10.7 Å². The molecule has 1 saturated heterocycles. The van der Waals surface area contributed by atoms with Crippen molar-refractivity contribution in [3.63, 3.8) is 0 Å². The fraction of sp³-hybridized carbons (Fsp3) is 0.552. The average Bonchev–Trinajstić information content (AvgIpc) is 3.51. The highest BCUT2D eigenvalue weighted by Gasteiger charge is 2.29.